The lowest BCUT2D eigenvalue weighted by Gasteiger charge is -2.05. The van der Waals surface area contributed by atoms with Gasteiger partial charge in [0, 0.05) is 11.6 Å². The number of benzene rings is 2. The van der Waals surface area contributed by atoms with Crippen LogP contribution < -0.4 is 10.9 Å². The summed E-state index contributed by atoms with van der Waals surface area (Å²) in [5, 5.41) is 7.04. The maximum Gasteiger partial charge on any atom is 0.261 e. The molecule has 1 N–H and O–H groups in total. The molecule has 0 fully saturated rings. The minimum atomic E-state index is -0.402. The lowest BCUT2D eigenvalue weighted by atomic mass is 10.1. The summed E-state index contributed by atoms with van der Waals surface area (Å²) in [6, 6.07) is 16.5. The number of aromatic nitrogens is 3. The first kappa shape index (κ1) is 16.7. The number of hydrogen-bond acceptors (Lipinski definition) is 5. The average Bonchev–Trinajstić information content (AvgIpc) is 3.13. The van der Waals surface area contributed by atoms with E-state index in [0.717, 1.165) is 11.1 Å². The van der Waals surface area contributed by atoms with Crippen LogP contribution in [0.3, 0.4) is 0 Å². The van der Waals surface area contributed by atoms with Crippen LogP contribution in [-0.4, -0.2) is 20.6 Å². The zero-order valence-electron chi connectivity index (χ0n) is 14.5. The second-order valence-corrected chi connectivity index (χ2v) is 6.19. The van der Waals surface area contributed by atoms with Crippen LogP contribution >= 0.6 is 0 Å². The quantitative estimate of drug-likeness (QED) is 0.604. The third kappa shape index (κ3) is 3.48. The molecular weight excluding hydrogens is 344 g/mol. The van der Waals surface area contributed by atoms with Crippen LogP contribution in [0.4, 0.5) is 5.88 Å². The summed E-state index contributed by atoms with van der Waals surface area (Å²) in [6.07, 6.45) is 1.36. The minimum Gasteiger partial charge on any atom is -0.338 e. The Morgan fingerprint density at radius 2 is 1.93 bits per heavy atom. The SMILES string of the molecule is Cc1ccc(-c2cc(NC(=O)Cn3cnc4ccccc4c3=O)on2)cc1. The first-order chi connectivity index (χ1) is 13.1. The highest BCUT2D eigenvalue weighted by Gasteiger charge is 2.12. The largest absolute Gasteiger partial charge is 0.338 e. The molecule has 2 heterocycles. The fourth-order valence-corrected chi connectivity index (χ4v) is 2.74. The summed E-state index contributed by atoms with van der Waals surface area (Å²) in [5.74, 6) is -0.182. The molecule has 134 valence electrons. The van der Waals surface area contributed by atoms with E-state index in [1.807, 2.05) is 31.2 Å². The number of carbonyl (C=O) groups excluding carboxylic acids is 1. The molecule has 4 aromatic rings. The molecular formula is C20H16N4O3. The molecule has 0 radical (unpaired) electrons. The number of anilines is 1. The Bertz CT molecular complexity index is 1180. The van der Waals surface area contributed by atoms with E-state index in [-0.39, 0.29) is 18.0 Å². The van der Waals surface area contributed by atoms with Crippen LogP contribution in [0, 0.1) is 6.92 Å². The Morgan fingerprint density at radius 1 is 1.15 bits per heavy atom. The van der Waals surface area contributed by atoms with Gasteiger partial charge in [-0.1, -0.05) is 47.1 Å². The molecule has 0 saturated heterocycles. The van der Waals surface area contributed by atoms with Gasteiger partial charge >= 0.3 is 0 Å². The first-order valence-corrected chi connectivity index (χ1v) is 8.38. The highest BCUT2D eigenvalue weighted by Crippen LogP contribution is 2.22. The topological polar surface area (TPSA) is 90.0 Å². The van der Waals surface area contributed by atoms with Gasteiger partial charge in [0.15, 0.2) is 0 Å². The van der Waals surface area contributed by atoms with Gasteiger partial charge in [-0.15, -0.1) is 0 Å². The predicted octanol–water partition coefficient (Wildman–Crippen LogP) is 3.00. The van der Waals surface area contributed by atoms with Gasteiger partial charge in [-0.2, -0.15) is 0 Å². The Labute approximate surface area is 154 Å². The standard InChI is InChI=1S/C20H16N4O3/c1-13-6-8-14(9-7-13)17-10-19(27-23-17)22-18(25)11-24-12-21-16-5-3-2-4-15(16)20(24)26/h2-10,12H,11H2,1H3,(H,22,25). The normalized spacial score (nSPS) is 10.9. The fraction of sp³-hybridized carbons (Fsp3) is 0.100. The van der Waals surface area contributed by atoms with Crippen LogP contribution in [0.15, 0.2) is 70.2 Å². The van der Waals surface area contributed by atoms with Crippen molar-refractivity contribution < 1.29 is 9.32 Å². The maximum atomic E-state index is 12.4. The fourth-order valence-electron chi connectivity index (χ4n) is 2.74. The summed E-state index contributed by atoms with van der Waals surface area (Å²) in [4.78, 5) is 28.9. The molecule has 2 aromatic heterocycles. The van der Waals surface area contributed by atoms with Crippen molar-refractivity contribution in [3.8, 4) is 11.3 Å². The van der Waals surface area contributed by atoms with Crippen molar-refractivity contribution in [1.29, 1.82) is 0 Å². The van der Waals surface area contributed by atoms with E-state index >= 15 is 0 Å². The molecule has 0 bridgehead atoms. The molecule has 0 saturated carbocycles. The lowest BCUT2D eigenvalue weighted by molar-refractivity contribution is -0.116. The summed E-state index contributed by atoms with van der Waals surface area (Å²) >= 11 is 0. The van der Waals surface area contributed by atoms with Crippen molar-refractivity contribution >= 4 is 22.7 Å². The molecule has 2 aromatic carbocycles. The molecule has 7 nitrogen and oxygen atoms in total. The summed E-state index contributed by atoms with van der Waals surface area (Å²) in [6.45, 7) is 1.83. The van der Waals surface area contributed by atoms with Crippen molar-refractivity contribution in [2.24, 2.45) is 0 Å². The summed E-state index contributed by atoms with van der Waals surface area (Å²) in [7, 11) is 0. The Morgan fingerprint density at radius 3 is 2.74 bits per heavy atom. The molecule has 0 spiro atoms. The van der Waals surface area contributed by atoms with Gasteiger partial charge in [-0.25, -0.2) is 4.98 Å². The number of rotatable bonds is 4. The van der Waals surface area contributed by atoms with E-state index in [0.29, 0.717) is 16.6 Å². The van der Waals surface area contributed by atoms with Crippen molar-refractivity contribution in [3.63, 3.8) is 0 Å². The van der Waals surface area contributed by atoms with E-state index in [9.17, 15) is 9.59 Å². The number of aryl methyl sites for hydroxylation is 1. The number of nitrogens with zero attached hydrogens (tertiary/aromatic N) is 3. The Hall–Kier alpha value is -3.74. The monoisotopic (exact) mass is 360 g/mol. The second kappa shape index (κ2) is 6.87. The van der Waals surface area contributed by atoms with Crippen LogP contribution in [0.2, 0.25) is 0 Å². The first-order valence-electron chi connectivity index (χ1n) is 8.38. The zero-order valence-corrected chi connectivity index (χ0v) is 14.5. The molecule has 1 amide bonds. The predicted molar refractivity (Wildman–Crippen MR) is 101 cm³/mol. The number of fused-ring (bicyclic) bond motifs is 1. The lowest BCUT2D eigenvalue weighted by Crippen LogP contribution is -2.27. The third-order valence-corrected chi connectivity index (χ3v) is 4.17. The van der Waals surface area contributed by atoms with Crippen LogP contribution in [0.5, 0.6) is 0 Å². The van der Waals surface area contributed by atoms with E-state index in [4.69, 9.17) is 4.52 Å². The van der Waals surface area contributed by atoms with Crippen molar-refractivity contribution in [2.45, 2.75) is 13.5 Å². The van der Waals surface area contributed by atoms with E-state index in [1.165, 1.54) is 10.9 Å². The Kier molecular flexibility index (Phi) is 4.25. The summed E-state index contributed by atoms with van der Waals surface area (Å²) < 4.78 is 6.43. The number of amides is 1. The van der Waals surface area contributed by atoms with Crippen molar-refractivity contribution in [3.05, 3.63) is 76.8 Å². The van der Waals surface area contributed by atoms with Gasteiger partial charge in [-0.3, -0.25) is 19.5 Å². The number of hydrogen-bond donors (Lipinski definition) is 1. The average molecular weight is 360 g/mol. The number of carbonyl (C=O) groups is 1. The smallest absolute Gasteiger partial charge is 0.261 e. The Balaban J connectivity index is 1.49. The molecule has 0 aliphatic carbocycles. The summed E-state index contributed by atoms with van der Waals surface area (Å²) in [5.41, 5.74) is 2.98. The van der Waals surface area contributed by atoms with Gasteiger partial charge in [0.2, 0.25) is 11.8 Å². The van der Waals surface area contributed by atoms with Gasteiger partial charge in [-0.05, 0) is 19.1 Å². The molecule has 0 aliphatic heterocycles. The molecule has 0 atom stereocenters. The maximum absolute atomic E-state index is 12.4. The van der Waals surface area contributed by atoms with Gasteiger partial charge in [0.05, 0.1) is 17.2 Å². The van der Waals surface area contributed by atoms with Gasteiger partial charge in [0.25, 0.3) is 5.56 Å². The van der Waals surface area contributed by atoms with Crippen LogP contribution in [-0.2, 0) is 11.3 Å². The van der Waals surface area contributed by atoms with Gasteiger partial charge in [0.1, 0.15) is 12.2 Å². The van der Waals surface area contributed by atoms with E-state index in [1.54, 1.807) is 30.3 Å². The highest BCUT2D eigenvalue weighted by atomic mass is 16.5. The highest BCUT2D eigenvalue weighted by molar-refractivity contribution is 5.90. The third-order valence-electron chi connectivity index (χ3n) is 4.17. The second-order valence-electron chi connectivity index (χ2n) is 6.19. The zero-order chi connectivity index (χ0) is 18.8. The molecule has 4 rings (SSSR count). The molecule has 0 aliphatic rings. The van der Waals surface area contributed by atoms with Crippen molar-refractivity contribution in [1.82, 2.24) is 14.7 Å². The van der Waals surface area contributed by atoms with Gasteiger partial charge < -0.3 is 4.52 Å². The molecule has 27 heavy (non-hydrogen) atoms. The van der Waals surface area contributed by atoms with E-state index < -0.39 is 5.91 Å². The number of para-hydroxylation sites is 1. The van der Waals surface area contributed by atoms with Crippen LogP contribution in [0.25, 0.3) is 22.2 Å². The van der Waals surface area contributed by atoms with Crippen LogP contribution in [0.1, 0.15) is 5.56 Å². The minimum absolute atomic E-state index is 0.169. The molecule has 0 unspecified atom stereocenters. The number of nitrogens with one attached hydrogen (secondary N) is 1. The van der Waals surface area contributed by atoms with Crippen molar-refractivity contribution in [2.75, 3.05) is 5.32 Å². The molecule has 7 heteroatoms. The van der Waals surface area contributed by atoms with E-state index in [2.05, 4.69) is 15.5 Å².